The fraction of sp³-hybridized carbons (Fsp3) is 0.419. The lowest BCUT2D eigenvalue weighted by Crippen LogP contribution is -2.57. The third-order valence-corrected chi connectivity index (χ3v) is 9.06. The van der Waals surface area contributed by atoms with E-state index in [1.165, 1.54) is 11.0 Å². The fourth-order valence-electron chi connectivity index (χ4n) is 6.19. The summed E-state index contributed by atoms with van der Waals surface area (Å²) in [4.78, 5) is 31.1. The van der Waals surface area contributed by atoms with Crippen LogP contribution in [0.3, 0.4) is 0 Å². The molecule has 1 atom stereocenters. The maximum Gasteiger partial charge on any atom is 0.318 e. The molecule has 2 fully saturated rings. The van der Waals surface area contributed by atoms with Crippen molar-refractivity contribution in [2.45, 2.75) is 43.8 Å². The summed E-state index contributed by atoms with van der Waals surface area (Å²) in [5.74, 6) is -1.65. The Kier molecular flexibility index (Phi) is 7.83. The van der Waals surface area contributed by atoms with Gasteiger partial charge in [0.05, 0.1) is 22.8 Å². The van der Waals surface area contributed by atoms with Gasteiger partial charge in [0.15, 0.2) is 5.83 Å². The van der Waals surface area contributed by atoms with Crippen LogP contribution in [0.2, 0.25) is 5.02 Å². The van der Waals surface area contributed by atoms with Gasteiger partial charge >= 0.3 is 6.01 Å². The van der Waals surface area contributed by atoms with Crippen molar-refractivity contribution in [1.29, 1.82) is 0 Å². The van der Waals surface area contributed by atoms with Gasteiger partial charge in [-0.05, 0) is 43.2 Å². The van der Waals surface area contributed by atoms with Crippen molar-refractivity contribution >= 4 is 39.8 Å². The average molecular weight is 608 g/mol. The smallest absolute Gasteiger partial charge is 0.318 e. The number of aromatic nitrogens is 2. The molecule has 0 spiro atoms. The van der Waals surface area contributed by atoms with Crippen LogP contribution in [0.1, 0.15) is 30.5 Å². The Morgan fingerprint density at radius 3 is 2.74 bits per heavy atom. The van der Waals surface area contributed by atoms with Crippen LogP contribution in [0.5, 0.6) is 6.01 Å². The standard InChI is InChI=1S/C31H32ClF2N7O2/c1-19(33)29(42)41-14-13-40(16-21(41)15-36-2)28-22-9-12-39(25-6-3-5-20-7-8-23(34)27(32)26(20)25)17-24(22)37-30(38-28)43-18-31(35)10-4-11-31/h3,5-8,21H,1,4,9-18,35H2/t21-/m0/s1. The van der Waals surface area contributed by atoms with E-state index in [1.54, 1.807) is 6.07 Å². The fourth-order valence-corrected chi connectivity index (χ4v) is 6.46. The number of fused-ring (bicyclic) bond motifs is 2. The molecule has 0 radical (unpaired) electrons. The first-order valence-corrected chi connectivity index (χ1v) is 14.7. The lowest BCUT2D eigenvalue weighted by Gasteiger charge is -2.41. The van der Waals surface area contributed by atoms with E-state index >= 15 is 0 Å². The number of carbonyl (C=O) groups excluding carboxylic acids is 1. The largest absolute Gasteiger partial charge is 0.461 e. The molecule has 1 aromatic heterocycles. The predicted octanol–water partition coefficient (Wildman–Crippen LogP) is 4.66. The molecule has 43 heavy (non-hydrogen) atoms. The molecule has 1 saturated heterocycles. The first-order valence-electron chi connectivity index (χ1n) is 14.3. The number of halogens is 3. The van der Waals surface area contributed by atoms with Crippen LogP contribution in [-0.2, 0) is 17.8 Å². The second-order valence-corrected chi connectivity index (χ2v) is 11.9. The number of hydrogen-bond acceptors (Lipinski definition) is 7. The van der Waals surface area contributed by atoms with Crippen LogP contribution in [0, 0.1) is 12.4 Å². The molecule has 2 aromatic carbocycles. The van der Waals surface area contributed by atoms with Crippen molar-refractivity contribution in [3.8, 4) is 6.01 Å². The summed E-state index contributed by atoms with van der Waals surface area (Å²) < 4.78 is 34.4. The Labute approximate surface area is 253 Å². The van der Waals surface area contributed by atoms with Crippen molar-refractivity contribution in [2.75, 3.05) is 49.1 Å². The van der Waals surface area contributed by atoms with E-state index in [4.69, 9.17) is 38.6 Å². The van der Waals surface area contributed by atoms with Gasteiger partial charge in [-0.25, -0.2) is 15.4 Å². The second-order valence-electron chi connectivity index (χ2n) is 11.5. The number of piperazine rings is 1. The molecule has 0 unspecified atom stereocenters. The molecule has 3 heterocycles. The number of hydrogen-bond donors (Lipinski definition) is 1. The third kappa shape index (κ3) is 5.57. The van der Waals surface area contributed by atoms with Gasteiger partial charge in [0.25, 0.3) is 5.91 Å². The van der Waals surface area contributed by atoms with Gasteiger partial charge in [-0.3, -0.25) is 4.79 Å². The summed E-state index contributed by atoms with van der Waals surface area (Å²) in [5, 5.41) is 1.56. The van der Waals surface area contributed by atoms with Gasteiger partial charge < -0.3 is 30.0 Å². The molecule has 1 amide bonds. The van der Waals surface area contributed by atoms with Gasteiger partial charge in [-0.15, -0.1) is 0 Å². The highest BCUT2D eigenvalue weighted by Gasteiger charge is 2.37. The van der Waals surface area contributed by atoms with E-state index in [2.05, 4.69) is 16.3 Å². The van der Waals surface area contributed by atoms with Crippen LogP contribution in [0.4, 0.5) is 20.3 Å². The van der Waals surface area contributed by atoms with Crippen molar-refractivity contribution in [2.24, 2.45) is 5.73 Å². The minimum absolute atomic E-state index is 0.0218. The molecule has 9 nitrogen and oxygen atoms in total. The van der Waals surface area contributed by atoms with Crippen molar-refractivity contribution < 1.29 is 18.3 Å². The molecule has 2 N–H and O–H groups in total. The predicted molar refractivity (Wildman–Crippen MR) is 161 cm³/mol. The number of amides is 1. The Balaban J connectivity index is 1.35. The molecule has 0 bridgehead atoms. The number of ether oxygens (including phenoxy) is 1. The Morgan fingerprint density at radius 1 is 1.21 bits per heavy atom. The molecular formula is C31H32ClF2N7O2. The number of benzene rings is 2. The van der Waals surface area contributed by atoms with Crippen molar-refractivity contribution in [3.05, 3.63) is 76.3 Å². The molecule has 6 rings (SSSR count). The molecular weight excluding hydrogens is 576 g/mol. The van der Waals surface area contributed by atoms with Crippen LogP contribution in [0.15, 0.2) is 42.7 Å². The molecule has 224 valence electrons. The van der Waals surface area contributed by atoms with Crippen LogP contribution in [-0.4, -0.2) is 71.7 Å². The van der Waals surface area contributed by atoms with E-state index in [0.717, 1.165) is 41.6 Å². The molecule has 1 saturated carbocycles. The topological polar surface area (TPSA) is 92.2 Å². The number of rotatable bonds is 7. The van der Waals surface area contributed by atoms with Crippen LogP contribution in [0.25, 0.3) is 15.6 Å². The highest BCUT2D eigenvalue weighted by Crippen LogP contribution is 2.38. The van der Waals surface area contributed by atoms with E-state index in [0.29, 0.717) is 43.8 Å². The van der Waals surface area contributed by atoms with Crippen molar-refractivity contribution in [3.63, 3.8) is 0 Å². The summed E-state index contributed by atoms with van der Waals surface area (Å²) >= 11 is 6.45. The lowest BCUT2D eigenvalue weighted by molar-refractivity contribution is -0.131. The minimum atomic E-state index is -1.04. The monoisotopic (exact) mass is 607 g/mol. The zero-order valence-electron chi connectivity index (χ0n) is 23.7. The van der Waals surface area contributed by atoms with Gasteiger partial charge in [-0.2, -0.15) is 9.97 Å². The number of carbonyl (C=O) groups is 1. The SMILES string of the molecule is [C-]#[N+]C[C@H]1CN(c2nc(OCC3(N)CCC3)nc3c2CCN(c2cccc4ccc(F)c(Cl)c24)C3)CCN1C(=O)C(=C)F. The van der Waals surface area contributed by atoms with E-state index < -0.39 is 29.1 Å². The normalized spacial score (nSPS) is 19.4. The zero-order chi connectivity index (χ0) is 30.3. The van der Waals surface area contributed by atoms with Crippen LogP contribution >= 0.6 is 11.6 Å². The number of nitrogens with two attached hydrogens (primary N) is 1. The Bertz CT molecular complexity index is 1640. The summed E-state index contributed by atoms with van der Waals surface area (Å²) in [6.45, 7) is 12.8. The highest BCUT2D eigenvalue weighted by atomic mass is 35.5. The zero-order valence-corrected chi connectivity index (χ0v) is 24.4. The maximum absolute atomic E-state index is 14.5. The first kappa shape index (κ1) is 29.1. The first-order chi connectivity index (χ1) is 20.7. The minimum Gasteiger partial charge on any atom is -0.461 e. The highest BCUT2D eigenvalue weighted by molar-refractivity contribution is 6.36. The number of nitrogens with zero attached hydrogens (tertiary/aromatic N) is 6. The van der Waals surface area contributed by atoms with Gasteiger partial charge in [0, 0.05) is 42.8 Å². The van der Waals surface area contributed by atoms with Crippen LogP contribution < -0.4 is 20.3 Å². The van der Waals surface area contributed by atoms with E-state index in [9.17, 15) is 13.6 Å². The van der Waals surface area contributed by atoms with Gasteiger partial charge in [0.1, 0.15) is 24.3 Å². The summed E-state index contributed by atoms with van der Waals surface area (Å²) in [7, 11) is 0. The van der Waals surface area contributed by atoms with E-state index in [1.807, 2.05) is 23.1 Å². The number of anilines is 2. The molecule has 3 aromatic rings. The Morgan fingerprint density at radius 2 is 2.02 bits per heavy atom. The van der Waals surface area contributed by atoms with Gasteiger partial charge in [0.2, 0.25) is 6.54 Å². The summed E-state index contributed by atoms with van der Waals surface area (Å²) in [6, 6.07) is 8.51. The maximum atomic E-state index is 14.5. The molecule has 12 heteroatoms. The van der Waals surface area contributed by atoms with E-state index in [-0.39, 0.29) is 30.7 Å². The molecule has 2 aliphatic heterocycles. The van der Waals surface area contributed by atoms with Gasteiger partial charge in [-0.1, -0.05) is 36.4 Å². The third-order valence-electron chi connectivity index (χ3n) is 8.69. The summed E-state index contributed by atoms with van der Waals surface area (Å²) in [6.07, 6.45) is 3.37. The summed E-state index contributed by atoms with van der Waals surface area (Å²) in [5.41, 5.74) is 8.51. The quantitative estimate of drug-likeness (QED) is 0.308. The van der Waals surface area contributed by atoms with Crippen molar-refractivity contribution in [1.82, 2.24) is 14.9 Å². The second kappa shape index (κ2) is 11.6. The Hall–Kier alpha value is -4.01. The molecule has 3 aliphatic rings. The lowest BCUT2D eigenvalue weighted by atomic mass is 9.78. The average Bonchev–Trinajstić information content (AvgIpc) is 2.99. The molecule has 1 aliphatic carbocycles.